The molecule has 1 aromatic rings. The summed E-state index contributed by atoms with van der Waals surface area (Å²) in [5, 5.41) is 3.73. The second kappa shape index (κ2) is 4.13. The molecule has 1 aliphatic heterocycles. The van der Waals surface area contributed by atoms with Crippen LogP contribution in [-0.2, 0) is 11.5 Å². The van der Waals surface area contributed by atoms with Gasteiger partial charge in [0.15, 0.2) is 5.67 Å². The Labute approximate surface area is 91.5 Å². The van der Waals surface area contributed by atoms with Gasteiger partial charge >= 0.3 is 0 Å². The molecule has 0 atom stereocenters. The standard InChI is InChI=1S/C9H12ClFN2S/c10-5-7-6-13-8(14-7)9(11)1-3-12-4-2-9/h6,12H,1-5H2. The van der Waals surface area contributed by atoms with Gasteiger partial charge in [-0.1, -0.05) is 0 Å². The number of piperidine rings is 1. The fourth-order valence-corrected chi connectivity index (χ4v) is 2.75. The van der Waals surface area contributed by atoms with Crippen LogP contribution in [0, 0.1) is 0 Å². The Bertz CT molecular complexity index is 310. The number of nitrogens with zero attached hydrogens (tertiary/aromatic N) is 1. The minimum atomic E-state index is -1.22. The first-order chi connectivity index (χ1) is 6.74. The summed E-state index contributed by atoms with van der Waals surface area (Å²) in [5.74, 6) is 0.423. The lowest BCUT2D eigenvalue weighted by molar-refractivity contribution is 0.115. The van der Waals surface area contributed by atoms with E-state index in [0.29, 0.717) is 23.7 Å². The van der Waals surface area contributed by atoms with Crippen LogP contribution in [0.1, 0.15) is 22.7 Å². The van der Waals surface area contributed by atoms with Crippen molar-refractivity contribution < 1.29 is 4.39 Å². The Kier molecular flexibility index (Phi) is 3.04. The van der Waals surface area contributed by atoms with Gasteiger partial charge < -0.3 is 5.32 Å². The summed E-state index contributed by atoms with van der Waals surface area (Å²) in [5.41, 5.74) is -1.22. The van der Waals surface area contributed by atoms with Gasteiger partial charge in [-0.25, -0.2) is 9.37 Å². The molecule has 2 nitrogen and oxygen atoms in total. The zero-order valence-electron chi connectivity index (χ0n) is 7.72. The van der Waals surface area contributed by atoms with Crippen LogP contribution in [0.5, 0.6) is 0 Å². The number of aromatic nitrogens is 1. The van der Waals surface area contributed by atoms with Crippen molar-refractivity contribution in [1.29, 1.82) is 0 Å². The van der Waals surface area contributed by atoms with Crippen LogP contribution >= 0.6 is 22.9 Å². The molecule has 5 heteroatoms. The van der Waals surface area contributed by atoms with Gasteiger partial charge in [-0.3, -0.25) is 0 Å². The van der Waals surface area contributed by atoms with Gasteiger partial charge in [0.1, 0.15) is 5.01 Å². The van der Waals surface area contributed by atoms with Crippen molar-refractivity contribution in [3.05, 3.63) is 16.1 Å². The van der Waals surface area contributed by atoms with E-state index in [4.69, 9.17) is 11.6 Å². The molecule has 0 spiro atoms. The second-order valence-corrected chi connectivity index (χ2v) is 4.86. The summed E-state index contributed by atoms with van der Waals surface area (Å²) in [6, 6.07) is 0. The lowest BCUT2D eigenvalue weighted by atomic mass is 9.95. The molecule has 0 saturated carbocycles. The molecule has 78 valence electrons. The molecule has 2 heterocycles. The average Bonchev–Trinajstić information content (AvgIpc) is 2.67. The molecule has 1 N–H and O–H groups in total. The zero-order valence-corrected chi connectivity index (χ0v) is 9.30. The van der Waals surface area contributed by atoms with Crippen molar-refractivity contribution in [3.8, 4) is 0 Å². The molecule has 2 rings (SSSR count). The summed E-state index contributed by atoms with van der Waals surface area (Å²) in [6.45, 7) is 1.46. The Balaban J connectivity index is 2.19. The summed E-state index contributed by atoms with van der Waals surface area (Å²) in [4.78, 5) is 5.06. The molecule has 14 heavy (non-hydrogen) atoms. The van der Waals surface area contributed by atoms with Crippen molar-refractivity contribution >= 4 is 22.9 Å². The van der Waals surface area contributed by atoms with Gasteiger partial charge in [-0.2, -0.15) is 0 Å². The number of rotatable bonds is 2. The number of thiazole rings is 1. The molecule has 0 amide bonds. The van der Waals surface area contributed by atoms with Crippen LogP contribution in [0.2, 0.25) is 0 Å². The van der Waals surface area contributed by atoms with E-state index in [1.165, 1.54) is 11.3 Å². The van der Waals surface area contributed by atoms with Crippen LogP contribution in [0.3, 0.4) is 0 Å². The number of nitrogens with one attached hydrogen (secondary N) is 1. The summed E-state index contributed by atoms with van der Waals surface area (Å²) in [6.07, 6.45) is 2.71. The lowest BCUT2D eigenvalue weighted by Crippen LogP contribution is -2.36. The monoisotopic (exact) mass is 234 g/mol. The first kappa shape index (κ1) is 10.3. The van der Waals surface area contributed by atoms with Gasteiger partial charge in [-0.15, -0.1) is 22.9 Å². The van der Waals surface area contributed by atoms with E-state index in [0.717, 1.165) is 18.0 Å². The highest BCUT2D eigenvalue weighted by Gasteiger charge is 2.36. The van der Waals surface area contributed by atoms with E-state index < -0.39 is 5.67 Å². The first-order valence-corrected chi connectivity index (χ1v) is 6.00. The summed E-state index contributed by atoms with van der Waals surface area (Å²) >= 11 is 7.05. The molecular formula is C9H12ClFN2S. The van der Waals surface area contributed by atoms with Gasteiger partial charge in [0.05, 0.1) is 5.88 Å². The molecule has 1 fully saturated rings. The van der Waals surface area contributed by atoms with Gasteiger partial charge in [0.25, 0.3) is 0 Å². The van der Waals surface area contributed by atoms with Gasteiger partial charge in [0, 0.05) is 23.9 Å². The van der Waals surface area contributed by atoms with Crippen molar-refractivity contribution in [2.75, 3.05) is 13.1 Å². The molecular weight excluding hydrogens is 223 g/mol. The zero-order chi connectivity index (χ0) is 10.0. The molecule has 0 radical (unpaired) electrons. The van der Waals surface area contributed by atoms with Crippen LogP contribution in [-0.4, -0.2) is 18.1 Å². The third kappa shape index (κ3) is 1.92. The van der Waals surface area contributed by atoms with Crippen LogP contribution in [0.4, 0.5) is 4.39 Å². The van der Waals surface area contributed by atoms with Crippen molar-refractivity contribution in [2.45, 2.75) is 24.4 Å². The van der Waals surface area contributed by atoms with E-state index in [1.54, 1.807) is 6.20 Å². The SMILES string of the molecule is FC1(c2ncc(CCl)s2)CCNCC1. The van der Waals surface area contributed by atoms with Crippen LogP contribution < -0.4 is 5.32 Å². The average molecular weight is 235 g/mol. The Morgan fingerprint density at radius 1 is 1.57 bits per heavy atom. The predicted molar refractivity (Wildman–Crippen MR) is 56.6 cm³/mol. The number of halogens is 2. The molecule has 0 aromatic carbocycles. The maximum Gasteiger partial charge on any atom is 0.164 e. The van der Waals surface area contributed by atoms with E-state index in [2.05, 4.69) is 10.3 Å². The Morgan fingerprint density at radius 3 is 2.86 bits per heavy atom. The number of hydrogen-bond donors (Lipinski definition) is 1. The highest BCUT2D eigenvalue weighted by atomic mass is 35.5. The largest absolute Gasteiger partial charge is 0.316 e. The van der Waals surface area contributed by atoms with Crippen molar-refractivity contribution in [2.24, 2.45) is 0 Å². The molecule has 0 aliphatic carbocycles. The van der Waals surface area contributed by atoms with Crippen molar-refractivity contribution in [1.82, 2.24) is 10.3 Å². The molecule has 1 aliphatic rings. The van der Waals surface area contributed by atoms with Crippen LogP contribution in [0.15, 0.2) is 6.20 Å². The number of hydrogen-bond acceptors (Lipinski definition) is 3. The van der Waals surface area contributed by atoms with E-state index in [-0.39, 0.29) is 0 Å². The van der Waals surface area contributed by atoms with E-state index in [1.807, 2.05) is 0 Å². The highest BCUT2D eigenvalue weighted by molar-refractivity contribution is 7.11. The van der Waals surface area contributed by atoms with Gasteiger partial charge in [0.2, 0.25) is 0 Å². The fraction of sp³-hybridized carbons (Fsp3) is 0.667. The quantitative estimate of drug-likeness (QED) is 0.796. The Morgan fingerprint density at radius 2 is 2.29 bits per heavy atom. The smallest absolute Gasteiger partial charge is 0.164 e. The van der Waals surface area contributed by atoms with Crippen LogP contribution in [0.25, 0.3) is 0 Å². The van der Waals surface area contributed by atoms with E-state index in [9.17, 15) is 4.39 Å². The predicted octanol–water partition coefficient (Wildman–Crippen LogP) is 2.43. The maximum atomic E-state index is 14.3. The Hall–Kier alpha value is -0.190. The van der Waals surface area contributed by atoms with E-state index >= 15 is 0 Å². The minimum absolute atomic E-state index is 0.423. The summed E-state index contributed by atoms with van der Waals surface area (Å²) in [7, 11) is 0. The normalized spacial score (nSPS) is 21.0. The molecule has 0 bridgehead atoms. The third-order valence-electron chi connectivity index (χ3n) is 2.46. The molecule has 1 saturated heterocycles. The topological polar surface area (TPSA) is 24.9 Å². The second-order valence-electron chi connectivity index (χ2n) is 3.48. The fourth-order valence-electron chi connectivity index (χ4n) is 1.61. The minimum Gasteiger partial charge on any atom is -0.316 e. The lowest BCUT2D eigenvalue weighted by Gasteiger charge is -2.27. The molecule has 0 unspecified atom stereocenters. The highest BCUT2D eigenvalue weighted by Crippen LogP contribution is 2.37. The summed E-state index contributed by atoms with van der Waals surface area (Å²) < 4.78 is 14.3. The number of alkyl halides is 2. The third-order valence-corrected chi connectivity index (χ3v) is 4.09. The first-order valence-electron chi connectivity index (χ1n) is 4.65. The maximum absolute atomic E-state index is 14.3. The van der Waals surface area contributed by atoms with Gasteiger partial charge in [-0.05, 0) is 13.1 Å². The van der Waals surface area contributed by atoms with Crippen molar-refractivity contribution in [3.63, 3.8) is 0 Å². The molecule has 1 aromatic heterocycles.